The summed E-state index contributed by atoms with van der Waals surface area (Å²) >= 11 is 0. The van der Waals surface area contributed by atoms with Gasteiger partial charge in [-0.1, -0.05) is 0 Å². The second kappa shape index (κ2) is 7.27. The van der Waals surface area contributed by atoms with Crippen LogP contribution in [0.3, 0.4) is 0 Å². The highest BCUT2D eigenvalue weighted by Crippen LogP contribution is 2.27. The third-order valence-corrected chi connectivity index (χ3v) is 5.05. The van der Waals surface area contributed by atoms with Crippen molar-refractivity contribution in [2.75, 3.05) is 49.1 Å². The van der Waals surface area contributed by atoms with Crippen molar-refractivity contribution in [1.82, 2.24) is 14.9 Å². The summed E-state index contributed by atoms with van der Waals surface area (Å²) in [6.45, 7) is 3.99. The van der Waals surface area contributed by atoms with E-state index in [2.05, 4.69) is 19.8 Å². The average molecular weight is 355 g/mol. The second-order valence-electron chi connectivity index (χ2n) is 6.71. The van der Waals surface area contributed by atoms with Crippen LogP contribution in [0.5, 0.6) is 0 Å². The van der Waals surface area contributed by atoms with E-state index in [1.807, 2.05) is 4.90 Å². The third kappa shape index (κ3) is 3.47. The molecule has 1 aromatic heterocycles. The molecular weight excluding hydrogens is 333 g/mol. The number of amides is 1. The minimum Gasteiger partial charge on any atom is -0.362 e. The summed E-state index contributed by atoms with van der Waals surface area (Å²) in [5, 5.41) is 0. The van der Waals surface area contributed by atoms with Gasteiger partial charge in [-0.3, -0.25) is 4.79 Å². The highest BCUT2D eigenvalue weighted by molar-refractivity contribution is 5.82. The molecule has 7 heteroatoms. The van der Waals surface area contributed by atoms with Crippen molar-refractivity contribution in [3.63, 3.8) is 0 Å². The summed E-state index contributed by atoms with van der Waals surface area (Å²) < 4.78 is 13.4. The molecule has 0 saturated carbocycles. The fourth-order valence-corrected chi connectivity index (χ4v) is 3.68. The van der Waals surface area contributed by atoms with Crippen LogP contribution in [0, 0.1) is 5.82 Å². The van der Waals surface area contributed by atoms with Crippen LogP contribution in [0.4, 0.5) is 16.0 Å². The molecule has 0 N–H and O–H groups in total. The molecule has 0 bridgehead atoms. The van der Waals surface area contributed by atoms with Crippen molar-refractivity contribution >= 4 is 17.5 Å². The lowest BCUT2D eigenvalue weighted by Gasteiger charge is -2.37. The van der Waals surface area contributed by atoms with Crippen molar-refractivity contribution < 1.29 is 9.18 Å². The molecule has 1 fully saturated rings. The number of rotatable bonds is 3. The molecule has 3 heterocycles. The van der Waals surface area contributed by atoms with Crippen molar-refractivity contribution in [2.24, 2.45) is 0 Å². The first-order valence-electron chi connectivity index (χ1n) is 9.04. The Kier molecular flexibility index (Phi) is 4.69. The second-order valence-corrected chi connectivity index (χ2v) is 6.71. The van der Waals surface area contributed by atoms with E-state index in [4.69, 9.17) is 0 Å². The molecule has 26 heavy (non-hydrogen) atoms. The van der Waals surface area contributed by atoms with Gasteiger partial charge in [0.25, 0.3) is 0 Å². The summed E-state index contributed by atoms with van der Waals surface area (Å²) in [6.07, 6.45) is 5.28. The first-order chi connectivity index (χ1) is 12.7. The number of hydrogen-bond acceptors (Lipinski definition) is 5. The predicted molar refractivity (Wildman–Crippen MR) is 97.8 cm³/mol. The first kappa shape index (κ1) is 16.8. The lowest BCUT2D eigenvalue weighted by atomic mass is 10.0. The Labute approximate surface area is 152 Å². The van der Waals surface area contributed by atoms with Crippen LogP contribution < -0.4 is 9.80 Å². The van der Waals surface area contributed by atoms with Gasteiger partial charge in [0.1, 0.15) is 5.82 Å². The Hall–Kier alpha value is -2.70. The fourth-order valence-electron chi connectivity index (χ4n) is 3.68. The van der Waals surface area contributed by atoms with Crippen molar-refractivity contribution in [2.45, 2.75) is 12.8 Å². The molecule has 6 nitrogen and oxygen atoms in total. The van der Waals surface area contributed by atoms with Crippen LogP contribution >= 0.6 is 0 Å². The molecule has 136 valence electrons. The van der Waals surface area contributed by atoms with Crippen molar-refractivity contribution in [3.05, 3.63) is 48.0 Å². The van der Waals surface area contributed by atoms with Gasteiger partial charge >= 0.3 is 0 Å². The van der Waals surface area contributed by atoms with E-state index in [0.717, 1.165) is 43.7 Å². The quantitative estimate of drug-likeness (QED) is 0.839. The standard InChI is InChI=1S/C19H22FN5O/c20-16-4-5-17-15(13-16)3-1-8-25(17)14-18(26)23-9-11-24(12-10-23)19-21-6-2-7-22-19/h2,4-7,13H,1,3,8-12,14H2. The summed E-state index contributed by atoms with van der Waals surface area (Å²) in [5.74, 6) is 0.624. The third-order valence-electron chi connectivity index (χ3n) is 5.05. The van der Waals surface area contributed by atoms with Gasteiger partial charge in [0.15, 0.2) is 0 Å². The number of carbonyl (C=O) groups excluding carboxylic acids is 1. The Morgan fingerprint density at radius 1 is 1.08 bits per heavy atom. The highest BCUT2D eigenvalue weighted by atomic mass is 19.1. The average Bonchev–Trinajstić information content (AvgIpc) is 2.69. The maximum atomic E-state index is 13.4. The molecule has 1 amide bonds. The number of benzene rings is 1. The summed E-state index contributed by atoms with van der Waals surface area (Å²) in [6, 6.07) is 6.65. The van der Waals surface area contributed by atoms with Gasteiger partial charge in [0.05, 0.1) is 6.54 Å². The number of carbonyl (C=O) groups is 1. The van der Waals surface area contributed by atoms with Crippen molar-refractivity contribution in [1.29, 1.82) is 0 Å². The monoisotopic (exact) mass is 355 g/mol. The zero-order valence-electron chi connectivity index (χ0n) is 14.6. The molecule has 2 aromatic rings. The summed E-state index contributed by atoms with van der Waals surface area (Å²) in [4.78, 5) is 27.4. The van der Waals surface area contributed by atoms with E-state index in [9.17, 15) is 9.18 Å². The molecule has 0 unspecified atom stereocenters. The Morgan fingerprint density at radius 3 is 2.62 bits per heavy atom. The minimum atomic E-state index is -0.212. The van der Waals surface area contributed by atoms with E-state index < -0.39 is 0 Å². The van der Waals surface area contributed by atoms with Gasteiger partial charge in [-0.05, 0) is 42.7 Å². The van der Waals surface area contributed by atoms with Crippen LogP contribution in [-0.4, -0.2) is 60.0 Å². The van der Waals surface area contributed by atoms with E-state index in [0.29, 0.717) is 25.6 Å². The molecule has 0 atom stereocenters. The molecule has 0 radical (unpaired) electrons. The smallest absolute Gasteiger partial charge is 0.242 e. The lowest BCUT2D eigenvalue weighted by molar-refractivity contribution is -0.130. The molecule has 2 aliphatic rings. The molecular formula is C19H22FN5O. The summed E-state index contributed by atoms with van der Waals surface area (Å²) in [5.41, 5.74) is 1.98. The van der Waals surface area contributed by atoms with Crippen molar-refractivity contribution in [3.8, 4) is 0 Å². The number of fused-ring (bicyclic) bond motifs is 1. The number of aryl methyl sites for hydroxylation is 1. The highest BCUT2D eigenvalue weighted by Gasteiger charge is 2.25. The number of hydrogen-bond donors (Lipinski definition) is 0. The van der Waals surface area contributed by atoms with E-state index >= 15 is 0 Å². The lowest BCUT2D eigenvalue weighted by Crippen LogP contribution is -2.52. The molecule has 2 aliphatic heterocycles. The van der Waals surface area contributed by atoms with Crippen LogP contribution in [0.1, 0.15) is 12.0 Å². The first-order valence-corrected chi connectivity index (χ1v) is 9.04. The van der Waals surface area contributed by atoms with Gasteiger partial charge in [0, 0.05) is 50.8 Å². The Bertz CT molecular complexity index is 777. The summed E-state index contributed by atoms with van der Waals surface area (Å²) in [7, 11) is 0. The minimum absolute atomic E-state index is 0.121. The van der Waals surface area contributed by atoms with Crippen LogP contribution in [0.15, 0.2) is 36.7 Å². The maximum absolute atomic E-state index is 13.4. The molecule has 0 aliphatic carbocycles. The van der Waals surface area contributed by atoms with E-state index in [1.54, 1.807) is 30.6 Å². The van der Waals surface area contributed by atoms with E-state index in [-0.39, 0.29) is 11.7 Å². The Morgan fingerprint density at radius 2 is 1.85 bits per heavy atom. The molecule has 0 spiro atoms. The fraction of sp³-hybridized carbons (Fsp3) is 0.421. The van der Waals surface area contributed by atoms with Gasteiger partial charge < -0.3 is 14.7 Å². The zero-order valence-corrected chi connectivity index (χ0v) is 14.6. The molecule has 4 rings (SSSR count). The number of halogens is 1. The number of aromatic nitrogens is 2. The predicted octanol–water partition coefficient (Wildman–Crippen LogP) is 1.72. The number of anilines is 2. The SMILES string of the molecule is O=C(CN1CCCc2cc(F)ccc21)N1CCN(c2ncccn2)CC1. The molecule has 1 aromatic carbocycles. The zero-order chi connectivity index (χ0) is 17.9. The van der Waals surface area contributed by atoms with Crippen LogP contribution in [0.2, 0.25) is 0 Å². The van der Waals surface area contributed by atoms with Gasteiger partial charge in [-0.25, -0.2) is 14.4 Å². The van der Waals surface area contributed by atoms with Gasteiger partial charge in [-0.2, -0.15) is 0 Å². The van der Waals surface area contributed by atoms with E-state index in [1.165, 1.54) is 6.07 Å². The van der Waals surface area contributed by atoms with Gasteiger partial charge in [0.2, 0.25) is 11.9 Å². The van der Waals surface area contributed by atoms with Gasteiger partial charge in [-0.15, -0.1) is 0 Å². The normalized spacial score (nSPS) is 17.2. The Balaban J connectivity index is 1.37. The largest absolute Gasteiger partial charge is 0.362 e. The number of piperazine rings is 1. The maximum Gasteiger partial charge on any atom is 0.242 e. The topological polar surface area (TPSA) is 52.6 Å². The number of nitrogens with zero attached hydrogens (tertiary/aromatic N) is 5. The van der Waals surface area contributed by atoms with Crippen LogP contribution in [-0.2, 0) is 11.2 Å². The van der Waals surface area contributed by atoms with Crippen LogP contribution in [0.25, 0.3) is 0 Å². The molecule has 1 saturated heterocycles.